The van der Waals surface area contributed by atoms with Gasteiger partial charge in [0.15, 0.2) is 5.13 Å². The first-order valence-electron chi connectivity index (χ1n) is 10.6. The van der Waals surface area contributed by atoms with E-state index in [4.69, 9.17) is 4.74 Å². The van der Waals surface area contributed by atoms with Gasteiger partial charge in [-0.25, -0.2) is 19.2 Å². The summed E-state index contributed by atoms with van der Waals surface area (Å²) in [5.74, 6) is -1.08. The maximum Gasteiger partial charge on any atom is 0.414 e. The summed E-state index contributed by atoms with van der Waals surface area (Å²) in [6.07, 6.45) is 0.765. The molecule has 3 heterocycles. The number of carbonyl (C=O) groups excluding carboxylic acids is 4. The highest BCUT2D eigenvalue weighted by Crippen LogP contribution is 2.28. The zero-order chi connectivity index (χ0) is 24.9. The van der Waals surface area contributed by atoms with E-state index in [1.54, 1.807) is 16.3 Å². The minimum atomic E-state index is -0.615. The van der Waals surface area contributed by atoms with Crippen LogP contribution in [-0.4, -0.2) is 72.9 Å². The largest absolute Gasteiger partial charge is 0.442 e. The van der Waals surface area contributed by atoms with Crippen LogP contribution in [0.2, 0.25) is 0 Å². The fourth-order valence-corrected chi connectivity index (χ4v) is 4.23. The van der Waals surface area contributed by atoms with Crippen molar-refractivity contribution in [2.24, 2.45) is 5.10 Å². The average molecular weight is 504 g/mol. The zero-order valence-electron chi connectivity index (χ0n) is 18.6. The van der Waals surface area contributed by atoms with Gasteiger partial charge in [-0.3, -0.25) is 19.3 Å². The van der Waals surface area contributed by atoms with Gasteiger partial charge < -0.3 is 20.3 Å². The molecule has 1 aromatic carbocycles. The van der Waals surface area contributed by atoms with Crippen molar-refractivity contribution >= 4 is 58.5 Å². The highest BCUT2D eigenvalue weighted by atomic mass is 32.1. The first-order valence-corrected chi connectivity index (χ1v) is 11.5. The third kappa shape index (κ3) is 5.71. The Balaban J connectivity index is 1.36. The van der Waals surface area contributed by atoms with Crippen molar-refractivity contribution in [2.75, 3.05) is 41.3 Å². The first kappa shape index (κ1) is 24.1. The second-order valence-electron chi connectivity index (χ2n) is 7.71. The van der Waals surface area contributed by atoms with Crippen molar-refractivity contribution in [3.8, 4) is 0 Å². The van der Waals surface area contributed by atoms with E-state index in [9.17, 15) is 23.6 Å². The van der Waals surface area contributed by atoms with Gasteiger partial charge in [0.05, 0.1) is 43.1 Å². The highest BCUT2D eigenvalue weighted by molar-refractivity contribution is 7.13. The van der Waals surface area contributed by atoms with Gasteiger partial charge in [0.25, 0.3) is 0 Å². The molecule has 184 valence electrons. The number of hydrogen-bond donors (Lipinski definition) is 2. The summed E-state index contributed by atoms with van der Waals surface area (Å²) < 4.78 is 20.1. The molecule has 12 nitrogen and oxygen atoms in total. The van der Waals surface area contributed by atoms with E-state index in [1.807, 2.05) is 0 Å². The number of halogens is 1. The van der Waals surface area contributed by atoms with Crippen LogP contribution in [0.25, 0.3) is 0 Å². The third-order valence-electron chi connectivity index (χ3n) is 5.24. The second kappa shape index (κ2) is 10.5. The Hall–Kier alpha value is -4.07. The Morgan fingerprint density at radius 1 is 1.34 bits per heavy atom. The van der Waals surface area contributed by atoms with Gasteiger partial charge in [-0.05, 0) is 18.2 Å². The molecule has 2 N–H and O–H groups in total. The van der Waals surface area contributed by atoms with Crippen LogP contribution < -0.4 is 20.4 Å². The fourth-order valence-electron chi connectivity index (χ4n) is 3.56. The average Bonchev–Trinajstić information content (AvgIpc) is 3.43. The van der Waals surface area contributed by atoms with Crippen LogP contribution in [0.5, 0.6) is 0 Å². The number of amides is 4. The molecule has 1 saturated heterocycles. The Labute approximate surface area is 203 Å². The fraction of sp³-hybridized carbons (Fsp3) is 0.333. The monoisotopic (exact) mass is 503 g/mol. The molecule has 0 bridgehead atoms. The van der Waals surface area contributed by atoms with Gasteiger partial charge in [-0.15, -0.1) is 11.3 Å². The molecule has 0 aliphatic carbocycles. The molecule has 0 spiro atoms. The van der Waals surface area contributed by atoms with Crippen molar-refractivity contribution in [2.45, 2.75) is 19.4 Å². The van der Waals surface area contributed by atoms with Crippen LogP contribution in [0, 0.1) is 5.82 Å². The molecule has 0 unspecified atom stereocenters. The summed E-state index contributed by atoms with van der Waals surface area (Å²) in [6, 6.07) is 4.36. The molecule has 4 rings (SSSR count). The normalized spacial score (nSPS) is 17.4. The van der Waals surface area contributed by atoms with Crippen molar-refractivity contribution < 1.29 is 28.3 Å². The molecule has 0 radical (unpaired) electrons. The minimum absolute atomic E-state index is 0.0201. The van der Waals surface area contributed by atoms with Crippen molar-refractivity contribution in [3.63, 3.8) is 0 Å². The summed E-state index contributed by atoms with van der Waals surface area (Å²) in [4.78, 5) is 53.2. The second-order valence-corrected chi connectivity index (χ2v) is 8.57. The molecule has 2 aliphatic heterocycles. The topological polar surface area (TPSA) is 137 Å². The quantitative estimate of drug-likeness (QED) is 0.516. The van der Waals surface area contributed by atoms with E-state index < -0.39 is 18.0 Å². The lowest BCUT2D eigenvalue weighted by atomic mass is 10.2. The molecule has 2 aromatic rings. The molecule has 1 fully saturated rings. The SMILES string of the molecule is CC(=O)NC[C@H]1CN(c2ccc(N3C=NN(C(=O)Cc4csc(NC=O)n4)CC3)c(F)c2)C(=O)O1. The number of hydrazone groups is 1. The minimum Gasteiger partial charge on any atom is -0.442 e. The smallest absolute Gasteiger partial charge is 0.414 e. The molecule has 1 aromatic heterocycles. The summed E-state index contributed by atoms with van der Waals surface area (Å²) >= 11 is 1.21. The zero-order valence-corrected chi connectivity index (χ0v) is 19.5. The summed E-state index contributed by atoms with van der Waals surface area (Å²) in [5.41, 5.74) is 1.10. The molecule has 2 aliphatic rings. The first-order chi connectivity index (χ1) is 16.8. The van der Waals surface area contributed by atoms with Gasteiger partial charge in [0.2, 0.25) is 18.2 Å². The number of anilines is 3. The maximum atomic E-state index is 14.9. The maximum absolute atomic E-state index is 14.9. The number of rotatable bonds is 8. The standard InChI is InChI=1S/C21H22FN7O5S/c1-13(31)23-8-16-9-28(21(33)34-16)15-2-3-18(17(22)7-15)27-4-5-29(25-11-27)19(32)6-14-10-35-20(26-14)24-12-30/h2-3,7,10-12,16H,4-6,8-9H2,1H3,(H,23,31)(H,24,26,30)/t16-/m0/s1. The van der Waals surface area contributed by atoms with Gasteiger partial charge in [-0.2, -0.15) is 5.10 Å². The van der Waals surface area contributed by atoms with Gasteiger partial charge >= 0.3 is 6.09 Å². The third-order valence-corrected chi connectivity index (χ3v) is 6.06. The Bertz CT molecular complexity index is 1170. The molecule has 1 atom stereocenters. The van der Waals surface area contributed by atoms with Crippen molar-refractivity contribution in [1.82, 2.24) is 15.3 Å². The number of aromatic nitrogens is 1. The van der Waals surface area contributed by atoms with E-state index in [0.717, 1.165) is 0 Å². The van der Waals surface area contributed by atoms with Crippen LogP contribution in [0.3, 0.4) is 0 Å². The van der Waals surface area contributed by atoms with E-state index in [2.05, 4.69) is 20.7 Å². The van der Waals surface area contributed by atoms with Gasteiger partial charge in [0, 0.05) is 18.8 Å². The lowest BCUT2D eigenvalue weighted by Crippen LogP contribution is -2.41. The van der Waals surface area contributed by atoms with E-state index in [1.165, 1.54) is 46.6 Å². The van der Waals surface area contributed by atoms with Crippen LogP contribution in [0.15, 0.2) is 28.7 Å². The van der Waals surface area contributed by atoms with E-state index in [0.29, 0.717) is 29.5 Å². The van der Waals surface area contributed by atoms with Crippen LogP contribution in [0.4, 0.5) is 25.7 Å². The van der Waals surface area contributed by atoms with Crippen LogP contribution in [-0.2, 0) is 25.5 Å². The van der Waals surface area contributed by atoms with E-state index in [-0.39, 0.29) is 43.6 Å². The molecule has 4 amide bonds. The Kier molecular flexibility index (Phi) is 7.19. The summed E-state index contributed by atoms with van der Waals surface area (Å²) in [5, 5.41) is 12.5. The lowest BCUT2D eigenvalue weighted by Gasteiger charge is -2.29. The molecular formula is C21H22FN7O5S. The Morgan fingerprint density at radius 2 is 2.17 bits per heavy atom. The number of cyclic esters (lactones) is 1. The predicted octanol–water partition coefficient (Wildman–Crippen LogP) is 1.15. The van der Waals surface area contributed by atoms with Gasteiger partial charge in [-0.1, -0.05) is 0 Å². The van der Waals surface area contributed by atoms with Crippen LogP contribution in [0.1, 0.15) is 12.6 Å². The molecule has 35 heavy (non-hydrogen) atoms. The number of nitrogens with zero attached hydrogens (tertiary/aromatic N) is 5. The predicted molar refractivity (Wildman–Crippen MR) is 126 cm³/mol. The van der Waals surface area contributed by atoms with Crippen molar-refractivity contribution in [1.29, 1.82) is 0 Å². The van der Waals surface area contributed by atoms with Gasteiger partial charge in [0.1, 0.15) is 18.3 Å². The lowest BCUT2D eigenvalue weighted by molar-refractivity contribution is -0.130. The molecule has 14 heteroatoms. The molecular weight excluding hydrogens is 481 g/mol. The summed E-state index contributed by atoms with van der Waals surface area (Å²) in [6.45, 7) is 2.28. The number of thiazole rings is 1. The summed E-state index contributed by atoms with van der Waals surface area (Å²) in [7, 11) is 0. The molecule has 0 saturated carbocycles. The number of hydrogen-bond acceptors (Lipinski definition) is 9. The number of carbonyl (C=O) groups is 4. The number of ether oxygens (including phenoxy) is 1. The van der Waals surface area contributed by atoms with E-state index >= 15 is 0 Å². The highest BCUT2D eigenvalue weighted by Gasteiger charge is 2.33. The Morgan fingerprint density at radius 3 is 2.86 bits per heavy atom. The number of nitrogens with one attached hydrogen (secondary N) is 2. The van der Waals surface area contributed by atoms with Crippen molar-refractivity contribution in [3.05, 3.63) is 35.1 Å². The van der Waals surface area contributed by atoms with Crippen LogP contribution >= 0.6 is 11.3 Å². The number of benzene rings is 1.